The number of fused-ring (bicyclic) bond motifs is 1. The molecule has 158 valence electrons. The van der Waals surface area contributed by atoms with Crippen molar-refractivity contribution in [3.05, 3.63) is 94.4 Å². The van der Waals surface area contributed by atoms with Crippen LogP contribution in [0, 0.1) is 5.82 Å². The van der Waals surface area contributed by atoms with Crippen molar-refractivity contribution in [3.63, 3.8) is 0 Å². The maximum Gasteiger partial charge on any atom is 0.338 e. The highest BCUT2D eigenvalue weighted by molar-refractivity contribution is 5.87. The Kier molecular flexibility index (Phi) is 4.59. The Morgan fingerprint density at radius 2 is 1.91 bits per heavy atom. The first-order valence-corrected chi connectivity index (χ1v) is 9.57. The van der Waals surface area contributed by atoms with Gasteiger partial charge in [-0.25, -0.2) is 18.9 Å². The van der Waals surface area contributed by atoms with Crippen LogP contribution in [-0.2, 0) is 6.54 Å². The van der Waals surface area contributed by atoms with Crippen molar-refractivity contribution in [1.82, 2.24) is 29.5 Å². The molecule has 2 aromatic carbocycles. The summed E-state index contributed by atoms with van der Waals surface area (Å²) in [6.45, 7) is 0.108. The van der Waals surface area contributed by atoms with Crippen LogP contribution in [0.4, 0.5) is 4.39 Å². The van der Waals surface area contributed by atoms with Crippen molar-refractivity contribution in [2.45, 2.75) is 6.54 Å². The lowest BCUT2D eigenvalue weighted by Crippen LogP contribution is -2.14. The fraction of sp³-hybridized carbons (Fsp3) is 0.0455. The number of nitrogens with one attached hydrogen (secondary N) is 1. The molecule has 0 saturated carbocycles. The van der Waals surface area contributed by atoms with Gasteiger partial charge in [0.25, 0.3) is 5.56 Å². The molecule has 5 rings (SSSR count). The minimum absolute atomic E-state index is 0.0436. The number of H-pyrrole nitrogens is 1. The van der Waals surface area contributed by atoms with Crippen molar-refractivity contribution in [2.75, 3.05) is 0 Å². The lowest BCUT2D eigenvalue weighted by molar-refractivity contribution is 0.0697. The van der Waals surface area contributed by atoms with Crippen LogP contribution in [0.2, 0.25) is 0 Å². The van der Waals surface area contributed by atoms with Crippen LogP contribution in [0.25, 0.3) is 28.1 Å². The third kappa shape index (κ3) is 3.54. The highest BCUT2D eigenvalue weighted by atomic mass is 19.1. The van der Waals surface area contributed by atoms with Gasteiger partial charge in [0, 0.05) is 11.8 Å². The van der Waals surface area contributed by atoms with E-state index in [9.17, 15) is 14.0 Å². The number of carboxylic acids is 1. The number of hydrogen-bond acceptors (Lipinski definition) is 5. The maximum absolute atomic E-state index is 14.7. The van der Waals surface area contributed by atoms with E-state index in [1.54, 1.807) is 6.07 Å². The molecule has 0 atom stereocenters. The summed E-state index contributed by atoms with van der Waals surface area (Å²) in [5, 5.41) is 17.1. The second kappa shape index (κ2) is 7.58. The monoisotopic (exact) mass is 430 g/mol. The molecule has 0 aliphatic heterocycles. The summed E-state index contributed by atoms with van der Waals surface area (Å²) >= 11 is 0. The van der Waals surface area contributed by atoms with E-state index < -0.39 is 11.5 Å². The van der Waals surface area contributed by atoms with Crippen LogP contribution < -0.4 is 5.56 Å². The van der Waals surface area contributed by atoms with E-state index in [2.05, 4.69) is 20.2 Å². The zero-order valence-electron chi connectivity index (χ0n) is 16.4. The molecule has 0 unspecified atom stereocenters. The molecule has 2 N–H and O–H groups in total. The molecule has 32 heavy (non-hydrogen) atoms. The van der Waals surface area contributed by atoms with E-state index in [0.717, 1.165) is 22.0 Å². The van der Waals surface area contributed by atoms with Gasteiger partial charge in [-0.2, -0.15) is 10.2 Å². The Morgan fingerprint density at radius 1 is 1.09 bits per heavy atom. The van der Waals surface area contributed by atoms with Crippen molar-refractivity contribution in [1.29, 1.82) is 0 Å². The largest absolute Gasteiger partial charge is 0.478 e. The summed E-state index contributed by atoms with van der Waals surface area (Å²) < 4.78 is 17.3. The molecule has 9 nitrogen and oxygen atoms in total. The van der Waals surface area contributed by atoms with E-state index >= 15 is 0 Å². The molecule has 10 heteroatoms. The van der Waals surface area contributed by atoms with Crippen molar-refractivity contribution in [3.8, 4) is 17.1 Å². The van der Waals surface area contributed by atoms with Gasteiger partial charge in [-0.05, 0) is 17.2 Å². The van der Waals surface area contributed by atoms with Crippen molar-refractivity contribution >= 4 is 17.0 Å². The van der Waals surface area contributed by atoms with Crippen LogP contribution >= 0.6 is 0 Å². The Hall–Kier alpha value is -4.60. The minimum atomic E-state index is -1.15. The third-order valence-electron chi connectivity index (χ3n) is 4.95. The predicted octanol–water partition coefficient (Wildman–Crippen LogP) is 2.86. The number of aromatic amines is 1. The number of benzene rings is 2. The summed E-state index contributed by atoms with van der Waals surface area (Å²) in [4.78, 5) is 30.3. The lowest BCUT2D eigenvalue weighted by Gasteiger charge is -2.07. The van der Waals surface area contributed by atoms with Crippen LogP contribution in [0.1, 0.15) is 15.9 Å². The van der Waals surface area contributed by atoms with Crippen LogP contribution in [-0.4, -0.2) is 40.6 Å². The molecule has 0 spiro atoms. The Bertz CT molecular complexity index is 1520. The normalized spacial score (nSPS) is 11.2. The SMILES string of the molecule is O=C(O)c1cnn(-c2nc3cn(Cc4ccc(-c5ccccc5)cc4F)nc3c(=O)[nH]2)c1. The van der Waals surface area contributed by atoms with Gasteiger partial charge in [-0.15, -0.1) is 0 Å². The van der Waals surface area contributed by atoms with E-state index in [1.807, 2.05) is 36.4 Å². The van der Waals surface area contributed by atoms with E-state index in [1.165, 1.54) is 23.1 Å². The van der Waals surface area contributed by atoms with Crippen LogP contribution in [0.3, 0.4) is 0 Å². The molecular weight excluding hydrogens is 415 g/mol. The average Bonchev–Trinajstić information content (AvgIpc) is 3.43. The summed E-state index contributed by atoms with van der Waals surface area (Å²) in [5.41, 5.74) is 1.88. The number of aromatic nitrogens is 6. The van der Waals surface area contributed by atoms with Gasteiger partial charge >= 0.3 is 5.97 Å². The number of carbonyl (C=O) groups is 1. The van der Waals surface area contributed by atoms with Crippen LogP contribution in [0.15, 0.2) is 71.9 Å². The number of halogens is 1. The van der Waals surface area contributed by atoms with Crippen molar-refractivity contribution in [2.24, 2.45) is 0 Å². The zero-order chi connectivity index (χ0) is 22.2. The molecule has 3 aromatic heterocycles. The molecular formula is C22H15FN6O3. The molecule has 3 heterocycles. The van der Waals surface area contributed by atoms with Gasteiger partial charge in [0.2, 0.25) is 5.95 Å². The molecule has 0 aliphatic carbocycles. The smallest absolute Gasteiger partial charge is 0.338 e. The Balaban J connectivity index is 1.46. The van der Waals surface area contributed by atoms with E-state index in [-0.39, 0.29) is 34.9 Å². The Labute approximate surface area is 179 Å². The topological polar surface area (TPSA) is 119 Å². The average molecular weight is 430 g/mol. The molecule has 5 aromatic rings. The fourth-order valence-electron chi connectivity index (χ4n) is 3.36. The zero-order valence-corrected chi connectivity index (χ0v) is 16.4. The summed E-state index contributed by atoms with van der Waals surface area (Å²) in [5.74, 6) is -1.48. The third-order valence-corrected chi connectivity index (χ3v) is 4.95. The highest BCUT2D eigenvalue weighted by Gasteiger charge is 2.14. The number of carboxylic acid groups (broad SMARTS) is 1. The fourth-order valence-corrected chi connectivity index (χ4v) is 3.36. The van der Waals surface area contributed by atoms with Gasteiger partial charge in [0.05, 0.1) is 24.5 Å². The van der Waals surface area contributed by atoms with Gasteiger partial charge < -0.3 is 5.11 Å². The van der Waals surface area contributed by atoms with Gasteiger partial charge in [-0.1, -0.05) is 42.5 Å². The Morgan fingerprint density at radius 3 is 2.62 bits per heavy atom. The highest BCUT2D eigenvalue weighted by Crippen LogP contribution is 2.22. The molecule has 0 radical (unpaired) electrons. The quantitative estimate of drug-likeness (QED) is 0.443. The molecule has 0 saturated heterocycles. The van der Waals surface area contributed by atoms with Gasteiger partial charge in [0.1, 0.15) is 11.3 Å². The van der Waals surface area contributed by atoms with Crippen molar-refractivity contribution < 1.29 is 14.3 Å². The number of nitrogens with zero attached hydrogens (tertiary/aromatic N) is 5. The number of aromatic carboxylic acids is 1. The second-order valence-electron chi connectivity index (χ2n) is 7.10. The molecule has 0 aliphatic rings. The standard InChI is InChI=1S/C22H15FN6O3/c23-17-8-14(13-4-2-1-3-5-13)6-7-15(17)10-28-12-18-19(27-28)20(30)26-22(25-18)29-11-16(9-24-29)21(31)32/h1-9,11-12H,10H2,(H,31,32)(H,25,26,30). The molecule has 0 amide bonds. The summed E-state index contributed by atoms with van der Waals surface area (Å²) in [6.07, 6.45) is 3.92. The van der Waals surface area contributed by atoms with E-state index in [4.69, 9.17) is 5.11 Å². The maximum atomic E-state index is 14.7. The first kappa shape index (κ1) is 19.4. The number of hydrogen-bond donors (Lipinski definition) is 2. The number of rotatable bonds is 5. The second-order valence-corrected chi connectivity index (χ2v) is 7.10. The summed E-state index contributed by atoms with van der Waals surface area (Å²) in [7, 11) is 0. The lowest BCUT2D eigenvalue weighted by atomic mass is 10.0. The van der Waals surface area contributed by atoms with Crippen LogP contribution in [0.5, 0.6) is 0 Å². The van der Waals surface area contributed by atoms with E-state index in [0.29, 0.717) is 5.56 Å². The minimum Gasteiger partial charge on any atom is -0.478 e. The molecule has 0 fully saturated rings. The molecule has 0 bridgehead atoms. The predicted molar refractivity (Wildman–Crippen MR) is 113 cm³/mol. The summed E-state index contributed by atoms with van der Waals surface area (Å²) in [6, 6.07) is 14.5. The first-order valence-electron chi connectivity index (χ1n) is 9.57. The van der Waals surface area contributed by atoms with Gasteiger partial charge in [0.15, 0.2) is 5.52 Å². The van der Waals surface area contributed by atoms with Gasteiger partial charge in [-0.3, -0.25) is 14.5 Å². The first-order chi connectivity index (χ1) is 15.5.